The SMILES string of the molecule is CSCC(C)(O)CNC(C)C(=O)NC(N)=O. The van der Waals surface area contributed by atoms with Gasteiger partial charge in [-0.05, 0) is 20.1 Å². The van der Waals surface area contributed by atoms with Crippen LogP contribution in [0.15, 0.2) is 0 Å². The number of nitrogens with two attached hydrogens (primary N) is 1. The zero-order valence-electron chi connectivity index (χ0n) is 9.74. The second kappa shape index (κ2) is 6.72. The lowest BCUT2D eigenvalue weighted by Gasteiger charge is -2.24. The second-order valence-electron chi connectivity index (χ2n) is 3.89. The molecule has 0 heterocycles. The van der Waals surface area contributed by atoms with Crippen molar-refractivity contribution in [3.8, 4) is 0 Å². The molecule has 0 rings (SSSR count). The van der Waals surface area contributed by atoms with Gasteiger partial charge in [0.05, 0.1) is 11.6 Å². The monoisotopic (exact) mass is 249 g/mol. The Balaban J connectivity index is 4.01. The van der Waals surface area contributed by atoms with E-state index in [1.807, 2.05) is 11.6 Å². The number of thioether (sulfide) groups is 1. The number of hydrogen-bond acceptors (Lipinski definition) is 5. The maximum absolute atomic E-state index is 11.3. The van der Waals surface area contributed by atoms with E-state index >= 15 is 0 Å². The van der Waals surface area contributed by atoms with Crippen molar-refractivity contribution in [1.29, 1.82) is 0 Å². The number of aliphatic hydroxyl groups is 1. The molecule has 2 atom stereocenters. The van der Waals surface area contributed by atoms with E-state index in [-0.39, 0.29) is 6.54 Å². The summed E-state index contributed by atoms with van der Waals surface area (Å²) in [6, 6.07) is -1.46. The van der Waals surface area contributed by atoms with Crippen molar-refractivity contribution in [2.75, 3.05) is 18.6 Å². The van der Waals surface area contributed by atoms with Gasteiger partial charge in [0.2, 0.25) is 5.91 Å². The molecule has 0 fully saturated rings. The summed E-state index contributed by atoms with van der Waals surface area (Å²) in [5, 5.41) is 14.6. The van der Waals surface area contributed by atoms with Gasteiger partial charge >= 0.3 is 6.03 Å². The molecule has 3 amide bonds. The molecule has 0 radical (unpaired) electrons. The Morgan fingerprint density at radius 2 is 2.12 bits per heavy atom. The summed E-state index contributed by atoms with van der Waals surface area (Å²) in [7, 11) is 0. The molecule has 0 aliphatic rings. The van der Waals surface area contributed by atoms with Gasteiger partial charge in [-0.1, -0.05) is 0 Å². The highest BCUT2D eigenvalue weighted by molar-refractivity contribution is 7.98. The van der Waals surface area contributed by atoms with E-state index < -0.39 is 23.6 Å². The lowest BCUT2D eigenvalue weighted by Crippen LogP contribution is -2.50. The average molecular weight is 249 g/mol. The summed E-state index contributed by atoms with van der Waals surface area (Å²) in [4.78, 5) is 21.7. The third-order valence-electron chi connectivity index (χ3n) is 1.88. The number of primary amides is 1. The number of amides is 3. The molecule has 0 aliphatic heterocycles. The minimum absolute atomic E-state index is 0.265. The van der Waals surface area contributed by atoms with Crippen molar-refractivity contribution in [3.63, 3.8) is 0 Å². The van der Waals surface area contributed by atoms with Crippen LogP contribution in [0.2, 0.25) is 0 Å². The van der Waals surface area contributed by atoms with Gasteiger partial charge in [-0.25, -0.2) is 4.79 Å². The molecule has 7 heteroatoms. The molecule has 0 bridgehead atoms. The van der Waals surface area contributed by atoms with E-state index in [4.69, 9.17) is 5.73 Å². The number of hydrogen-bond donors (Lipinski definition) is 4. The number of urea groups is 1. The van der Waals surface area contributed by atoms with Gasteiger partial charge < -0.3 is 16.2 Å². The fourth-order valence-electron chi connectivity index (χ4n) is 1.06. The molecule has 0 aromatic carbocycles. The molecule has 5 N–H and O–H groups in total. The van der Waals surface area contributed by atoms with Gasteiger partial charge in [0, 0.05) is 12.3 Å². The van der Waals surface area contributed by atoms with Gasteiger partial charge in [-0.2, -0.15) is 11.8 Å². The van der Waals surface area contributed by atoms with E-state index in [9.17, 15) is 14.7 Å². The highest BCUT2D eigenvalue weighted by atomic mass is 32.2. The van der Waals surface area contributed by atoms with E-state index in [0.717, 1.165) is 0 Å². The summed E-state index contributed by atoms with van der Waals surface area (Å²) in [6.45, 7) is 3.53. The fraction of sp³-hybridized carbons (Fsp3) is 0.778. The first-order valence-corrected chi connectivity index (χ1v) is 6.23. The Morgan fingerprint density at radius 1 is 1.56 bits per heavy atom. The maximum atomic E-state index is 11.3. The van der Waals surface area contributed by atoms with Crippen LogP contribution >= 0.6 is 11.8 Å². The topological polar surface area (TPSA) is 104 Å². The zero-order valence-corrected chi connectivity index (χ0v) is 10.6. The first-order chi connectivity index (χ1) is 7.28. The minimum Gasteiger partial charge on any atom is -0.388 e. The highest BCUT2D eigenvalue weighted by Crippen LogP contribution is 2.09. The molecule has 0 saturated heterocycles. The van der Waals surface area contributed by atoms with Crippen molar-refractivity contribution in [3.05, 3.63) is 0 Å². The Kier molecular flexibility index (Phi) is 6.39. The van der Waals surface area contributed by atoms with Gasteiger partial charge in [-0.3, -0.25) is 10.1 Å². The molecular formula is C9H19N3O3S. The number of carbonyl (C=O) groups is 2. The first kappa shape index (κ1) is 15.2. The van der Waals surface area contributed by atoms with Crippen LogP contribution in [-0.4, -0.2) is 47.2 Å². The Hall–Kier alpha value is -0.790. The molecule has 0 aromatic rings. The predicted molar refractivity (Wildman–Crippen MR) is 64.2 cm³/mol. The molecular weight excluding hydrogens is 230 g/mol. The van der Waals surface area contributed by atoms with E-state index in [1.165, 1.54) is 11.8 Å². The van der Waals surface area contributed by atoms with Crippen LogP contribution in [0.4, 0.5) is 4.79 Å². The fourth-order valence-corrected chi connectivity index (χ4v) is 1.78. The van der Waals surface area contributed by atoms with Gasteiger partial charge in [-0.15, -0.1) is 0 Å². The second-order valence-corrected chi connectivity index (χ2v) is 4.75. The number of imide groups is 1. The number of rotatable bonds is 6. The van der Waals surface area contributed by atoms with Gasteiger partial charge in [0.1, 0.15) is 0 Å². The lowest BCUT2D eigenvalue weighted by molar-refractivity contribution is -0.121. The van der Waals surface area contributed by atoms with E-state index in [2.05, 4.69) is 5.32 Å². The normalized spacial score (nSPS) is 16.2. The summed E-state index contributed by atoms with van der Waals surface area (Å²) in [5.41, 5.74) is 3.92. The van der Waals surface area contributed by atoms with Crippen LogP contribution in [0.3, 0.4) is 0 Å². The Morgan fingerprint density at radius 3 is 2.56 bits per heavy atom. The highest BCUT2D eigenvalue weighted by Gasteiger charge is 2.22. The molecule has 94 valence electrons. The van der Waals surface area contributed by atoms with Crippen LogP contribution in [0, 0.1) is 0 Å². The maximum Gasteiger partial charge on any atom is 0.318 e. The number of carbonyl (C=O) groups excluding carboxylic acids is 2. The predicted octanol–water partition coefficient (Wildman–Crippen LogP) is -0.727. The number of nitrogens with one attached hydrogen (secondary N) is 2. The van der Waals surface area contributed by atoms with Crippen molar-refractivity contribution in [1.82, 2.24) is 10.6 Å². The third kappa shape index (κ3) is 6.65. The van der Waals surface area contributed by atoms with Crippen LogP contribution in [0.1, 0.15) is 13.8 Å². The zero-order chi connectivity index (χ0) is 12.8. The van der Waals surface area contributed by atoms with Crippen LogP contribution in [0.25, 0.3) is 0 Å². The van der Waals surface area contributed by atoms with Crippen molar-refractivity contribution < 1.29 is 14.7 Å². The Labute approximate surface area is 99.3 Å². The molecule has 0 aliphatic carbocycles. The third-order valence-corrected chi connectivity index (χ3v) is 2.79. The summed E-state index contributed by atoms with van der Waals surface area (Å²) in [6.07, 6.45) is 1.89. The first-order valence-electron chi connectivity index (χ1n) is 4.83. The largest absolute Gasteiger partial charge is 0.388 e. The van der Waals surface area contributed by atoms with E-state index in [1.54, 1.807) is 13.8 Å². The van der Waals surface area contributed by atoms with Crippen molar-refractivity contribution in [2.45, 2.75) is 25.5 Å². The van der Waals surface area contributed by atoms with E-state index in [0.29, 0.717) is 5.75 Å². The molecule has 0 aromatic heterocycles. The molecule has 0 spiro atoms. The summed E-state index contributed by atoms with van der Waals surface area (Å²) >= 11 is 1.51. The van der Waals surface area contributed by atoms with Crippen molar-refractivity contribution in [2.24, 2.45) is 5.73 Å². The van der Waals surface area contributed by atoms with Crippen LogP contribution in [0.5, 0.6) is 0 Å². The van der Waals surface area contributed by atoms with Crippen LogP contribution < -0.4 is 16.4 Å². The Bertz CT molecular complexity index is 258. The standard InChI is InChI=1S/C9H19N3O3S/c1-6(7(13)12-8(10)14)11-4-9(2,15)5-16-3/h6,11,15H,4-5H2,1-3H3,(H3,10,12,13,14). The van der Waals surface area contributed by atoms with Crippen molar-refractivity contribution >= 4 is 23.7 Å². The van der Waals surface area contributed by atoms with Gasteiger partial charge in [0.25, 0.3) is 0 Å². The lowest BCUT2D eigenvalue weighted by atomic mass is 10.1. The smallest absolute Gasteiger partial charge is 0.318 e. The minimum atomic E-state index is -0.888. The quantitative estimate of drug-likeness (QED) is 0.497. The van der Waals surface area contributed by atoms with Crippen LogP contribution in [-0.2, 0) is 4.79 Å². The summed E-state index contributed by atoms with van der Waals surface area (Å²) < 4.78 is 0. The molecule has 2 unspecified atom stereocenters. The molecule has 6 nitrogen and oxygen atoms in total. The molecule has 16 heavy (non-hydrogen) atoms. The van der Waals surface area contributed by atoms with Gasteiger partial charge in [0.15, 0.2) is 0 Å². The summed E-state index contributed by atoms with van der Waals surface area (Å²) in [5.74, 6) is 0.0527. The average Bonchev–Trinajstić information content (AvgIpc) is 2.13. The molecule has 0 saturated carbocycles.